The fourth-order valence-corrected chi connectivity index (χ4v) is 8.10. The van der Waals surface area contributed by atoms with E-state index in [1.54, 1.807) is 47.8 Å². The minimum absolute atomic E-state index is 0.0320. The molecule has 248 valence electrons. The smallest absolute Gasteiger partial charge is 0.246 e. The summed E-state index contributed by atoms with van der Waals surface area (Å²) in [5, 5.41) is 8.05. The number of hydrogen-bond donors (Lipinski definition) is 0. The number of sulfonamides is 1. The van der Waals surface area contributed by atoms with E-state index in [-0.39, 0.29) is 31.0 Å². The van der Waals surface area contributed by atoms with E-state index in [0.29, 0.717) is 60.0 Å². The van der Waals surface area contributed by atoms with Crippen LogP contribution in [0.15, 0.2) is 34.7 Å². The Morgan fingerprint density at radius 1 is 1.09 bits per heavy atom. The quantitative estimate of drug-likeness (QED) is 0.204. The van der Waals surface area contributed by atoms with E-state index in [1.165, 1.54) is 18.5 Å². The molecule has 3 heterocycles. The lowest BCUT2D eigenvalue weighted by Crippen LogP contribution is -2.51. The molecule has 1 aromatic carbocycles. The summed E-state index contributed by atoms with van der Waals surface area (Å²) < 4.78 is 55.1. The van der Waals surface area contributed by atoms with Crippen LogP contribution in [0.3, 0.4) is 0 Å². The Labute approximate surface area is 267 Å². The molecular formula is C31H47N5O7SSi. The minimum Gasteiger partial charge on any atom is -0.494 e. The molecule has 0 aliphatic carbocycles. The molecule has 0 spiro atoms. The molecule has 4 rings (SSSR count). The number of piperidine rings is 1. The first-order valence-corrected chi connectivity index (χ1v) is 20.6. The highest BCUT2D eigenvalue weighted by molar-refractivity contribution is 7.93. The second-order valence-corrected chi connectivity index (χ2v) is 20.6. The van der Waals surface area contributed by atoms with E-state index in [0.717, 1.165) is 12.8 Å². The van der Waals surface area contributed by atoms with Gasteiger partial charge in [-0.3, -0.25) is 9.36 Å². The molecule has 0 saturated carbocycles. The molecule has 1 fully saturated rings. The molecule has 45 heavy (non-hydrogen) atoms. The van der Waals surface area contributed by atoms with Gasteiger partial charge in [0.1, 0.15) is 22.9 Å². The molecule has 2 aromatic heterocycles. The summed E-state index contributed by atoms with van der Waals surface area (Å²) >= 11 is 0. The van der Waals surface area contributed by atoms with Gasteiger partial charge in [0.05, 0.1) is 19.5 Å². The molecule has 0 bridgehead atoms. The molecule has 14 heteroatoms. The number of para-hydroxylation sites is 1. The van der Waals surface area contributed by atoms with Gasteiger partial charge in [-0.1, -0.05) is 25.7 Å². The summed E-state index contributed by atoms with van der Waals surface area (Å²) in [6.07, 6.45) is 2.66. The maximum atomic E-state index is 14.7. The predicted octanol–water partition coefficient (Wildman–Crippen LogP) is 5.13. The molecule has 1 aliphatic rings. The van der Waals surface area contributed by atoms with Crippen LogP contribution in [-0.4, -0.2) is 94.4 Å². The lowest BCUT2D eigenvalue weighted by atomic mass is 9.99. The number of carbonyl (C=O) groups excluding carboxylic acids is 1. The van der Waals surface area contributed by atoms with Crippen LogP contribution in [0.4, 0.5) is 5.95 Å². The highest BCUT2D eigenvalue weighted by Gasteiger charge is 2.39. The molecule has 12 nitrogen and oxygen atoms in total. The number of ether oxygens (including phenoxy) is 3. The van der Waals surface area contributed by atoms with Crippen LogP contribution in [0.25, 0.3) is 17.3 Å². The van der Waals surface area contributed by atoms with Crippen LogP contribution < -0.4 is 13.8 Å². The fourth-order valence-electron chi connectivity index (χ4n) is 5.57. The van der Waals surface area contributed by atoms with Gasteiger partial charge in [-0.15, -0.1) is 10.2 Å². The minimum atomic E-state index is -4.08. The Morgan fingerprint density at radius 2 is 1.78 bits per heavy atom. The fraction of sp³-hybridized carbons (Fsp3) is 0.581. The van der Waals surface area contributed by atoms with Gasteiger partial charge >= 0.3 is 0 Å². The number of carbonyl (C=O) groups is 1. The molecular weight excluding hydrogens is 615 g/mol. The van der Waals surface area contributed by atoms with Crippen LogP contribution >= 0.6 is 0 Å². The highest BCUT2D eigenvalue weighted by atomic mass is 32.2. The van der Waals surface area contributed by atoms with Crippen molar-refractivity contribution in [2.75, 3.05) is 45.3 Å². The maximum Gasteiger partial charge on any atom is 0.246 e. The summed E-state index contributed by atoms with van der Waals surface area (Å²) in [7, 11) is -1.12. The third kappa shape index (κ3) is 7.72. The third-order valence-corrected chi connectivity index (χ3v) is 12.0. The van der Waals surface area contributed by atoms with Crippen LogP contribution in [0.2, 0.25) is 25.7 Å². The van der Waals surface area contributed by atoms with E-state index in [1.807, 2.05) is 13.0 Å². The van der Waals surface area contributed by atoms with Gasteiger partial charge < -0.3 is 23.5 Å². The number of nitrogens with zero attached hydrogens (tertiary/aromatic N) is 5. The Kier molecular flexibility index (Phi) is 11.0. The third-order valence-electron chi connectivity index (χ3n) is 8.13. The van der Waals surface area contributed by atoms with E-state index < -0.39 is 23.3 Å². The SMILES string of the molecule is COCC[C@@H]1CCCC(=O)N1C[C@H](C)S(=O)(=O)N(CC[Si](C)(C)C)c1nnc(-c2ccc(C)o2)n1-c1c(OC)cccc1OC. The van der Waals surface area contributed by atoms with Gasteiger partial charge in [0.2, 0.25) is 27.7 Å². The van der Waals surface area contributed by atoms with Crippen molar-refractivity contribution < 1.29 is 31.8 Å². The number of aryl methyl sites for hydroxylation is 1. The first-order chi connectivity index (χ1) is 21.3. The monoisotopic (exact) mass is 661 g/mol. The summed E-state index contributed by atoms with van der Waals surface area (Å²) in [6, 6.07) is 9.50. The van der Waals surface area contributed by atoms with Crippen molar-refractivity contribution in [3.8, 4) is 28.8 Å². The number of anilines is 1. The van der Waals surface area contributed by atoms with E-state index in [9.17, 15) is 13.2 Å². The van der Waals surface area contributed by atoms with Crippen molar-refractivity contribution in [3.05, 3.63) is 36.1 Å². The lowest BCUT2D eigenvalue weighted by Gasteiger charge is -2.38. The average molecular weight is 662 g/mol. The van der Waals surface area contributed by atoms with Crippen molar-refractivity contribution in [3.63, 3.8) is 0 Å². The molecule has 0 unspecified atom stereocenters. The van der Waals surface area contributed by atoms with Crippen molar-refractivity contribution in [1.29, 1.82) is 0 Å². The molecule has 1 aliphatic heterocycles. The number of methoxy groups -OCH3 is 3. The van der Waals surface area contributed by atoms with Gasteiger partial charge in [-0.25, -0.2) is 12.7 Å². The predicted molar refractivity (Wildman–Crippen MR) is 177 cm³/mol. The standard InChI is InChI=1S/C31H47N5O7SSi/c1-22-15-16-27(43-22)30-32-33-31(36(30)29-25(41-4)12-10-13-26(29)42-5)35(18-20-45(6,7)8)44(38,39)23(2)21-34-24(17-19-40-3)11-9-14-28(34)37/h10,12-13,15-16,23-24H,9,11,14,17-21H2,1-8H3/t23-,24-/m0/s1. The number of amides is 1. The number of furan rings is 1. The summed E-state index contributed by atoms with van der Waals surface area (Å²) in [5.41, 5.74) is 0.443. The number of aromatic nitrogens is 3. The van der Waals surface area contributed by atoms with Gasteiger partial charge in [0.25, 0.3) is 0 Å². The van der Waals surface area contributed by atoms with E-state index in [2.05, 4.69) is 29.8 Å². The van der Waals surface area contributed by atoms with Crippen molar-refractivity contribution in [1.82, 2.24) is 19.7 Å². The van der Waals surface area contributed by atoms with E-state index >= 15 is 0 Å². The zero-order chi connectivity index (χ0) is 32.9. The molecule has 1 amide bonds. The van der Waals surface area contributed by atoms with Crippen molar-refractivity contribution in [2.45, 2.75) is 76.5 Å². The summed E-state index contributed by atoms with van der Waals surface area (Å²) in [4.78, 5) is 14.8. The Balaban J connectivity index is 1.88. The molecule has 2 atom stereocenters. The molecule has 3 aromatic rings. The average Bonchev–Trinajstić information content (AvgIpc) is 3.62. The van der Waals surface area contributed by atoms with Crippen molar-refractivity contribution >= 4 is 30.0 Å². The topological polar surface area (TPSA) is 129 Å². The molecule has 1 saturated heterocycles. The Hall–Kier alpha value is -3.36. The summed E-state index contributed by atoms with van der Waals surface area (Å²) in [5.74, 6) is 2.32. The second-order valence-electron chi connectivity index (χ2n) is 12.7. The largest absolute Gasteiger partial charge is 0.494 e. The van der Waals surface area contributed by atoms with Gasteiger partial charge in [-0.2, -0.15) is 0 Å². The number of likely N-dealkylation sites (tertiary alicyclic amines) is 1. The number of rotatable bonds is 15. The summed E-state index contributed by atoms with van der Waals surface area (Å²) in [6.45, 7) is 10.8. The Bertz CT molecular complexity index is 1540. The second kappa shape index (κ2) is 14.4. The maximum absolute atomic E-state index is 14.7. The zero-order valence-corrected chi connectivity index (χ0v) is 29.5. The van der Waals surface area contributed by atoms with Gasteiger partial charge in [0.15, 0.2) is 5.76 Å². The number of hydrogen-bond acceptors (Lipinski definition) is 9. The van der Waals surface area contributed by atoms with E-state index in [4.69, 9.17) is 18.6 Å². The highest BCUT2D eigenvalue weighted by Crippen LogP contribution is 2.40. The first-order valence-electron chi connectivity index (χ1n) is 15.4. The molecule has 0 N–H and O–H groups in total. The van der Waals surface area contributed by atoms with Gasteiger partial charge in [0, 0.05) is 47.3 Å². The Morgan fingerprint density at radius 3 is 2.36 bits per heavy atom. The first kappa shape index (κ1) is 34.5. The zero-order valence-electron chi connectivity index (χ0n) is 27.7. The lowest BCUT2D eigenvalue weighted by molar-refractivity contribution is -0.136. The number of benzene rings is 1. The van der Waals surface area contributed by atoms with Crippen molar-refractivity contribution in [2.24, 2.45) is 0 Å². The molecule has 0 radical (unpaired) electrons. The van der Waals surface area contributed by atoms with Crippen LogP contribution in [0.1, 0.15) is 38.4 Å². The van der Waals surface area contributed by atoms with Crippen LogP contribution in [-0.2, 0) is 19.6 Å². The van der Waals surface area contributed by atoms with Crippen LogP contribution in [0.5, 0.6) is 11.5 Å². The normalized spacial score (nSPS) is 16.6. The van der Waals surface area contributed by atoms with Gasteiger partial charge in [-0.05, 0) is 63.4 Å². The van der Waals surface area contributed by atoms with Crippen LogP contribution in [0, 0.1) is 6.92 Å².